The zero-order chi connectivity index (χ0) is 41.2. The van der Waals surface area contributed by atoms with E-state index in [9.17, 15) is 15.0 Å². The minimum atomic E-state index is -1.21. The summed E-state index contributed by atoms with van der Waals surface area (Å²) in [5, 5.41) is 24.6. The van der Waals surface area contributed by atoms with Crippen LogP contribution in [0, 0.1) is 17.8 Å². The number of oxime groups is 1. The number of hydrogen-bond acceptors (Lipinski definition) is 9. The predicted molar refractivity (Wildman–Crippen MR) is 232 cm³/mol. The molecule has 2 aliphatic carbocycles. The number of fused-ring (bicyclic) bond motifs is 2. The van der Waals surface area contributed by atoms with Crippen molar-refractivity contribution in [3.05, 3.63) is 48.1 Å². The molecule has 326 valence electrons. The highest BCUT2D eigenvalue weighted by atomic mass is 16.7. The molecule has 1 aromatic carbocycles. The molecule has 0 unspecified atom stereocenters. The molecule has 2 heterocycles. The second-order valence-electron chi connectivity index (χ2n) is 17.0. The van der Waals surface area contributed by atoms with Crippen LogP contribution in [-0.2, 0) is 14.4 Å². The molecule has 5 rings (SSSR count). The first-order valence-electron chi connectivity index (χ1n) is 23.3. The summed E-state index contributed by atoms with van der Waals surface area (Å²) >= 11 is 0. The summed E-state index contributed by atoms with van der Waals surface area (Å²) in [6.07, 6.45) is 21.8. The van der Waals surface area contributed by atoms with Gasteiger partial charge in [0.15, 0.2) is 0 Å². The highest BCUT2D eigenvalue weighted by Crippen LogP contribution is 2.62. The zero-order valence-corrected chi connectivity index (χ0v) is 36.3. The molecule has 0 aromatic heterocycles. The molecule has 10 heteroatoms. The molecule has 0 bridgehead atoms. The molecule has 2 fully saturated rings. The molecule has 1 aromatic rings. The van der Waals surface area contributed by atoms with Gasteiger partial charge in [0.1, 0.15) is 30.8 Å². The van der Waals surface area contributed by atoms with Gasteiger partial charge in [-0.25, -0.2) is 0 Å². The Labute approximate surface area is 350 Å². The van der Waals surface area contributed by atoms with Gasteiger partial charge in [-0.05, 0) is 81.1 Å². The summed E-state index contributed by atoms with van der Waals surface area (Å²) in [7, 11) is 0. The van der Waals surface area contributed by atoms with Gasteiger partial charge in [0, 0.05) is 63.7 Å². The predicted octanol–water partition coefficient (Wildman–Crippen LogP) is 9.19. The van der Waals surface area contributed by atoms with Gasteiger partial charge in [-0.3, -0.25) is 9.69 Å². The third-order valence-electron chi connectivity index (χ3n) is 12.8. The SMILES string of the molecule is C=CCO[C@@]12Oc3ccc(OCCN4CC4)cc3[C@H]3[C@H](CCCCO)[C@@H](CCCCO)C=C(C(=NOCC)C[C@@H]1N(CCC)C(=O)CCCCCCCCCCC)[C@H]32. The quantitative estimate of drug-likeness (QED) is 0.0343. The van der Waals surface area contributed by atoms with Crippen LogP contribution in [0.3, 0.4) is 0 Å². The van der Waals surface area contributed by atoms with Gasteiger partial charge in [0.2, 0.25) is 11.7 Å². The standard InChI is InChI=1S/C48H77N3O7/c1-5-9-10-11-12-13-14-15-16-23-45(54)51(26-6-2)44-36-42(49-57-8-4)40-34-37(21-17-19-30-52)39(22-18-20-31-53)46-41-35-38(55-33-29-50-27-28-50)24-25-43(41)58-48(44,47(40)46)56-32-7-3/h7,24-25,34-35,37,39,44,46-47,52-53H,3,5-6,8-23,26-33,36H2,1-2,4H3/t37-,39+,44-,46+,47+,48+/m0/s1. The number of benzene rings is 1. The van der Waals surface area contributed by atoms with Gasteiger partial charge in [-0.2, -0.15) is 0 Å². The molecular formula is C48H77N3O7. The van der Waals surface area contributed by atoms with Crippen molar-refractivity contribution >= 4 is 11.6 Å². The summed E-state index contributed by atoms with van der Waals surface area (Å²) < 4.78 is 20.9. The second-order valence-corrected chi connectivity index (χ2v) is 17.0. The van der Waals surface area contributed by atoms with Crippen molar-refractivity contribution in [1.82, 2.24) is 9.80 Å². The average molecular weight is 808 g/mol. The van der Waals surface area contributed by atoms with Gasteiger partial charge in [-0.15, -0.1) is 6.58 Å². The highest BCUT2D eigenvalue weighted by Gasteiger charge is 2.65. The number of carbonyl (C=O) groups excluding carboxylic acids is 1. The lowest BCUT2D eigenvalue weighted by Gasteiger charge is -2.60. The maximum Gasteiger partial charge on any atom is 0.239 e. The van der Waals surface area contributed by atoms with E-state index in [1.165, 1.54) is 38.5 Å². The van der Waals surface area contributed by atoms with Crippen LogP contribution in [0.25, 0.3) is 0 Å². The molecule has 0 radical (unpaired) electrons. The molecule has 2 N–H and O–H groups in total. The van der Waals surface area contributed by atoms with Crippen LogP contribution in [0.2, 0.25) is 0 Å². The lowest BCUT2D eigenvalue weighted by atomic mass is 9.55. The van der Waals surface area contributed by atoms with Crippen molar-refractivity contribution in [3.8, 4) is 11.5 Å². The molecule has 0 spiro atoms. The van der Waals surface area contributed by atoms with E-state index in [0.29, 0.717) is 32.6 Å². The Bertz CT molecular complexity index is 1460. The van der Waals surface area contributed by atoms with Gasteiger partial charge in [0.25, 0.3) is 0 Å². The van der Waals surface area contributed by atoms with E-state index in [0.717, 1.165) is 112 Å². The molecule has 1 saturated heterocycles. The molecule has 4 aliphatic rings. The number of allylic oxidation sites excluding steroid dienone is 1. The van der Waals surface area contributed by atoms with Crippen molar-refractivity contribution < 1.29 is 34.1 Å². The summed E-state index contributed by atoms with van der Waals surface area (Å²) in [4.78, 5) is 24.9. The minimum absolute atomic E-state index is 0.0485. The fourth-order valence-electron chi connectivity index (χ4n) is 9.89. The zero-order valence-electron chi connectivity index (χ0n) is 36.3. The number of hydrogen-bond donors (Lipinski definition) is 2. The van der Waals surface area contributed by atoms with Crippen LogP contribution in [0.4, 0.5) is 0 Å². The molecule has 58 heavy (non-hydrogen) atoms. The number of carbonyl (C=O) groups is 1. The molecule has 6 atom stereocenters. The highest BCUT2D eigenvalue weighted by molar-refractivity contribution is 6.03. The van der Waals surface area contributed by atoms with Gasteiger partial charge in [-0.1, -0.05) is 95.4 Å². The second kappa shape index (κ2) is 24.4. The largest absolute Gasteiger partial charge is 0.492 e. The number of nitrogens with zero attached hydrogens (tertiary/aromatic N) is 3. The Hall–Kier alpha value is -2.92. The van der Waals surface area contributed by atoms with Crippen LogP contribution in [0.15, 0.2) is 47.7 Å². The van der Waals surface area contributed by atoms with E-state index in [1.807, 2.05) is 13.0 Å². The van der Waals surface area contributed by atoms with E-state index < -0.39 is 11.8 Å². The van der Waals surface area contributed by atoms with Crippen LogP contribution in [-0.4, -0.2) is 103 Å². The first-order valence-corrected chi connectivity index (χ1v) is 23.3. The Morgan fingerprint density at radius 2 is 1.69 bits per heavy atom. The van der Waals surface area contributed by atoms with Crippen molar-refractivity contribution in [2.75, 3.05) is 59.2 Å². The van der Waals surface area contributed by atoms with Crippen LogP contribution in [0.5, 0.6) is 11.5 Å². The smallest absolute Gasteiger partial charge is 0.239 e. The summed E-state index contributed by atoms with van der Waals surface area (Å²) in [5.74, 6) is 0.559. The maximum atomic E-state index is 14.6. The molecule has 1 saturated carbocycles. The number of ether oxygens (including phenoxy) is 3. The lowest BCUT2D eigenvalue weighted by Crippen LogP contribution is -2.70. The third-order valence-corrected chi connectivity index (χ3v) is 12.8. The summed E-state index contributed by atoms with van der Waals surface area (Å²) in [6.45, 7) is 15.8. The first-order chi connectivity index (χ1) is 28.5. The van der Waals surface area contributed by atoms with E-state index in [-0.39, 0.29) is 49.4 Å². The van der Waals surface area contributed by atoms with Crippen molar-refractivity contribution in [3.63, 3.8) is 0 Å². The number of aliphatic hydroxyl groups is 2. The van der Waals surface area contributed by atoms with Crippen LogP contribution in [0.1, 0.15) is 148 Å². The maximum absolute atomic E-state index is 14.6. The van der Waals surface area contributed by atoms with E-state index >= 15 is 0 Å². The van der Waals surface area contributed by atoms with Crippen LogP contribution >= 0.6 is 0 Å². The Morgan fingerprint density at radius 1 is 0.966 bits per heavy atom. The minimum Gasteiger partial charge on any atom is -0.492 e. The van der Waals surface area contributed by atoms with Gasteiger partial charge in [0.05, 0.1) is 18.2 Å². The average Bonchev–Trinajstić information content (AvgIpc) is 4.06. The fraction of sp³-hybridized carbons (Fsp3) is 0.750. The topological polar surface area (TPSA) is 113 Å². The van der Waals surface area contributed by atoms with Crippen LogP contribution < -0.4 is 9.47 Å². The van der Waals surface area contributed by atoms with E-state index in [4.69, 9.17) is 24.2 Å². The molecule has 2 aliphatic heterocycles. The lowest BCUT2D eigenvalue weighted by molar-refractivity contribution is -0.257. The van der Waals surface area contributed by atoms with E-state index in [2.05, 4.69) is 48.4 Å². The number of rotatable bonds is 30. The Balaban J connectivity index is 1.57. The van der Waals surface area contributed by atoms with Gasteiger partial charge >= 0.3 is 0 Å². The number of aliphatic hydroxyl groups excluding tert-OH is 2. The third kappa shape index (κ3) is 12.1. The number of amides is 1. The monoisotopic (exact) mass is 808 g/mol. The molecule has 1 amide bonds. The Kier molecular flexibility index (Phi) is 19.4. The normalized spacial score (nSPS) is 25.4. The molecular weight excluding hydrogens is 731 g/mol. The van der Waals surface area contributed by atoms with Crippen molar-refractivity contribution in [2.24, 2.45) is 22.9 Å². The summed E-state index contributed by atoms with van der Waals surface area (Å²) in [6, 6.07) is 5.80. The first kappa shape index (κ1) is 46.2. The summed E-state index contributed by atoms with van der Waals surface area (Å²) in [5.41, 5.74) is 3.03. The van der Waals surface area contributed by atoms with Gasteiger partial charge < -0.3 is 34.2 Å². The molecule has 10 nitrogen and oxygen atoms in total. The fourth-order valence-corrected chi connectivity index (χ4v) is 9.89. The van der Waals surface area contributed by atoms with Crippen molar-refractivity contribution in [1.29, 1.82) is 0 Å². The number of unbranched alkanes of at least 4 members (excludes halogenated alkanes) is 10. The van der Waals surface area contributed by atoms with Crippen molar-refractivity contribution in [2.45, 2.75) is 154 Å². The Morgan fingerprint density at radius 3 is 2.36 bits per heavy atom. The van der Waals surface area contributed by atoms with E-state index in [1.54, 1.807) is 6.08 Å².